The first-order valence-corrected chi connectivity index (χ1v) is 8.23. The zero-order valence-electron chi connectivity index (χ0n) is 14.4. The average Bonchev–Trinajstić information content (AvgIpc) is 3.03. The van der Waals surface area contributed by atoms with Crippen molar-refractivity contribution in [2.45, 2.75) is 38.3 Å². The first-order valence-electron chi connectivity index (χ1n) is 8.23. The highest BCUT2D eigenvalue weighted by molar-refractivity contribution is 5.90. The molecule has 7 nitrogen and oxygen atoms in total. The number of para-hydroxylation sites is 1. The first-order chi connectivity index (χ1) is 12.1. The second-order valence-corrected chi connectivity index (χ2v) is 5.77. The molecule has 0 aliphatic rings. The normalized spacial score (nSPS) is 13.0. The molecule has 0 saturated heterocycles. The minimum absolute atomic E-state index is 0.314. The summed E-state index contributed by atoms with van der Waals surface area (Å²) in [7, 11) is 1.28. The molecule has 0 fully saturated rings. The lowest BCUT2D eigenvalue weighted by Crippen LogP contribution is -2.51. The molecule has 0 aliphatic heterocycles. The van der Waals surface area contributed by atoms with Gasteiger partial charge in [-0.2, -0.15) is 0 Å². The van der Waals surface area contributed by atoms with Crippen LogP contribution in [-0.4, -0.2) is 42.5 Å². The van der Waals surface area contributed by atoms with Crippen LogP contribution in [0.1, 0.15) is 25.3 Å². The Morgan fingerprint density at radius 1 is 1.28 bits per heavy atom. The van der Waals surface area contributed by atoms with Crippen LogP contribution in [0.5, 0.6) is 0 Å². The van der Waals surface area contributed by atoms with E-state index in [0.717, 1.165) is 16.5 Å². The van der Waals surface area contributed by atoms with Crippen molar-refractivity contribution < 1.29 is 19.1 Å². The first kappa shape index (κ1) is 18.5. The topological polar surface area (TPSA) is 100 Å². The van der Waals surface area contributed by atoms with E-state index in [1.807, 2.05) is 37.4 Å². The highest BCUT2D eigenvalue weighted by Gasteiger charge is 2.26. The van der Waals surface area contributed by atoms with Gasteiger partial charge >= 0.3 is 5.97 Å². The molecule has 1 aromatic carbocycles. The average molecular weight is 345 g/mol. The predicted octanol–water partition coefficient (Wildman–Crippen LogP) is 1.28. The maximum Gasteiger partial charge on any atom is 0.328 e. The molecule has 0 radical (unpaired) electrons. The molecule has 25 heavy (non-hydrogen) atoms. The minimum Gasteiger partial charge on any atom is -0.467 e. The molecule has 0 unspecified atom stereocenters. The molecule has 2 amide bonds. The van der Waals surface area contributed by atoms with Crippen LogP contribution < -0.4 is 10.6 Å². The second-order valence-electron chi connectivity index (χ2n) is 5.77. The number of nitrogens with one attached hydrogen (secondary N) is 3. The van der Waals surface area contributed by atoms with Gasteiger partial charge in [0.2, 0.25) is 12.3 Å². The van der Waals surface area contributed by atoms with Gasteiger partial charge in [0, 0.05) is 23.5 Å². The zero-order valence-corrected chi connectivity index (χ0v) is 14.4. The fourth-order valence-electron chi connectivity index (χ4n) is 2.78. The van der Waals surface area contributed by atoms with E-state index < -0.39 is 24.0 Å². The fourth-order valence-corrected chi connectivity index (χ4v) is 2.78. The number of methoxy groups -OCH3 is 1. The number of aromatic amines is 1. The van der Waals surface area contributed by atoms with Gasteiger partial charge in [-0.05, 0) is 18.1 Å². The third-order valence-electron chi connectivity index (χ3n) is 4.06. The van der Waals surface area contributed by atoms with Crippen molar-refractivity contribution in [3.05, 3.63) is 36.0 Å². The van der Waals surface area contributed by atoms with Crippen molar-refractivity contribution in [3.8, 4) is 0 Å². The highest BCUT2D eigenvalue weighted by atomic mass is 16.5. The van der Waals surface area contributed by atoms with Gasteiger partial charge in [0.15, 0.2) is 0 Å². The van der Waals surface area contributed by atoms with Crippen molar-refractivity contribution in [1.82, 2.24) is 15.6 Å². The van der Waals surface area contributed by atoms with E-state index in [-0.39, 0.29) is 0 Å². The largest absolute Gasteiger partial charge is 0.467 e. The monoisotopic (exact) mass is 345 g/mol. The molecule has 0 aliphatic carbocycles. The Bertz CT molecular complexity index is 741. The van der Waals surface area contributed by atoms with Gasteiger partial charge in [-0.3, -0.25) is 9.59 Å². The van der Waals surface area contributed by atoms with Crippen LogP contribution in [0.25, 0.3) is 10.9 Å². The lowest BCUT2D eigenvalue weighted by atomic mass is 10.0. The van der Waals surface area contributed by atoms with Crippen molar-refractivity contribution in [2.75, 3.05) is 7.11 Å². The van der Waals surface area contributed by atoms with E-state index >= 15 is 0 Å². The maximum absolute atomic E-state index is 12.6. The zero-order chi connectivity index (χ0) is 18.2. The summed E-state index contributed by atoms with van der Waals surface area (Å²) in [5, 5.41) is 6.19. The Morgan fingerprint density at radius 2 is 2.04 bits per heavy atom. The van der Waals surface area contributed by atoms with E-state index in [1.54, 1.807) is 0 Å². The van der Waals surface area contributed by atoms with E-state index in [9.17, 15) is 14.4 Å². The van der Waals surface area contributed by atoms with Crippen molar-refractivity contribution in [1.29, 1.82) is 0 Å². The van der Waals surface area contributed by atoms with E-state index in [1.165, 1.54) is 7.11 Å². The molecule has 7 heteroatoms. The Balaban J connectivity index is 2.14. The SMILES string of the molecule is CCC[C@H](NC(=O)[C@@H](Cc1c[nH]c2ccccc12)NC=O)C(=O)OC. The smallest absolute Gasteiger partial charge is 0.328 e. The number of hydrogen-bond acceptors (Lipinski definition) is 4. The van der Waals surface area contributed by atoms with Crippen LogP contribution in [0.3, 0.4) is 0 Å². The molecule has 0 bridgehead atoms. The van der Waals surface area contributed by atoms with Crippen LogP contribution in [0.4, 0.5) is 0 Å². The van der Waals surface area contributed by atoms with Gasteiger partial charge in [0.05, 0.1) is 7.11 Å². The Morgan fingerprint density at radius 3 is 2.72 bits per heavy atom. The molecule has 1 heterocycles. The summed E-state index contributed by atoms with van der Waals surface area (Å²) in [6.45, 7) is 1.91. The number of benzene rings is 1. The number of esters is 1. The molecule has 2 rings (SSSR count). The predicted molar refractivity (Wildman–Crippen MR) is 93.8 cm³/mol. The second kappa shape index (κ2) is 8.86. The minimum atomic E-state index is -0.777. The summed E-state index contributed by atoms with van der Waals surface area (Å²) in [5.41, 5.74) is 1.87. The number of hydrogen-bond donors (Lipinski definition) is 3. The van der Waals surface area contributed by atoms with Crippen LogP contribution in [-0.2, 0) is 25.5 Å². The third-order valence-corrected chi connectivity index (χ3v) is 4.06. The molecule has 2 atom stereocenters. The number of carbonyl (C=O) groups excluding carboxylic acids is 3. The van der Waals surface area contributed by atoms with Gasteiger partial charge in [0.25, 0.3) is 0 Å². The van der Waals surface area contributed by atoms with Crippen molar-refractivity contribution in [2.24, 2.45) is 0 Å². The van der Waals surface area contributed by atoms with Crippen LogP contribution >= 0.6 is 0 Å². The molecule has 1 aromatic heterocycles. The van der Waals surface area contributed by atoms with Crippen LogP contribution in [0, 0.1) is 0 Å². The lowest BCUT2D eigenvalue weighted by Gasteiger charge is -2.20. The highest BCUT2D eigenvalue weighted by Crippen LogP contribution is 2.19. The number of amides is 2. The van der Waals surface area contributed by atoms with E-state index in [2.05, 4.69) is 15.6 Å². The van der Waals surface area contributed by atoms with E-state index in [0.29, 0.717) is 25.7 Å². The third kappa shape index (κ3) is 4.59. The molecule has 0 spiro atoms. The lowest BCUT2D eigenvalue weighted by molar-refractivity contribution is -0.145. The summed E-state index contributed by atoms with van der Waals surface area (Å²) in [5.74, 6) is -0.909. The Hall–Kier alpha value is -2.83. The summed E-state index contributed by atoms with van der Waals surface area (Å²) in [4.78, 5) is 38.4. The Kier molecular flexibility index (Phi) is 6.56. The number of carbonyl (C=O) groups is 3. The van der Waals surface area contributed by atoms with Crippen LogP contribution in [0.2, 0.25) is 0 Å². The molecule has 3 N–H and O–H groups in total. The van der Waals surface area contributed by atoms with Gasteiger partial charge < -0.3 is 20.4 Å². The molecule has 2 aromatic rings. The van der Waals surface area contributed by atoms with Crippen molar-refractivity contribution in [3.63, 3.8) is 0 Å². The molecular formula is C18H23N3O4. The number of ether oxygens (including phenoxy) is 1. The summed E-state index contributed by atoms with van der Waals surface area (Å²) >= 11 is 0. The molecule has 0 saturated carbocycles. The Labute approximate surface area is 146 Å². The molecule has 134 valence electrons. The maximum atomic E-state index is 12.6. The van der Waals surface area contributed by atoms with Gasteiger partial charge in [0.1, 0.15) is 12.1 Å². The van der Waals surface area contributed by atoms with Crippen molar-refractivity contribution >= 4 is 29.2 Å². The fraction of sp³-hybridized carbons (Fsp3) is 0.389. The van der Waals surface area contributed by atoms with Crippen LogP contribution in [0.15, 0.2) is 30.5 Å². The quantitative estimate of drug-likeness (QED) is 0.471. The number of rotatable bonds is 9. The van der Waals surface area contributed by atoms with E-state index in [4.69, 9.17) is 4.74 Å². The van der Waals surface area contributed by atoms with Gasteiger partial charge in [-0.15, -0.1) is 0 Å². The number of fused-ring (bicyclic) bond motifs is 1. The van der Waals surface area contributed by atoms with Gasteiger partial charge in [-0.25, -0.2) is 4.79 Å². The summed E-state index contributed by atoms with van der Waals surface area (Å²) in [6, 6.07) is 6.22. The number of H-pyrrole nitrogens is 1. The summed E-state index contributed by atoms with van der Waals surface area (Å²) in [6.07, 6.45) is 3.81. The summed E-state index contributed by atoms with van der Waals surface area (Å²) < 4.78 is 4.72. The van der Waals surface area contributed by atoms with Gasteiger partial charge in [-0.1, -0.05) is 31.5 Å². The molecular weight excluding hydrogens is 322 g/mol. The number of aromatic nitrogens is 1. The standard InChI is InChI=1S/C18H23N3O4/c1-3-6-15(18(24)25-2)21-17(23)16(20-11-22)9-12-10-19-14-8-5-4-7-13(12)14/h4-5,7-8,10-11,15-16,19H,3,6,9H2,1-2H3,(H,20,22)(H,21,23)/t15-,16+/m0/s1.